The molecule has 0 spiro atoms. The fourth-order valence-electron chi connectivity index (χ4n) is 1.95. The zero-order valence-electron chi connectivity index (χ0n) is 9.74. The number of H-pyrrole nitrogens is 1. The van der Waals surface area contributed by atoms with Crippen LogP contribution in [0.1, 0.15) is 5.56 Å². The van der Waals surface area contributed by atoms with Gasteiger partial charge in [-0.25, -0.2) is 4.98 Å². The third kappa shape index (κ3) is 1.76. The van der Waals surface area contributed by atoms with Gasteiger partial charge in [0, 0.05) is 10.7 Å². The summed E-state index contributed by atoms with van der Waals surface area (Å²) < 4.78 is 0.931. The zero-order valence-corrected chi connectivity index (χ0v) is 11.3. The lowest BCUT2D eigenvalue weighted by molar-refractivity contribution is 1.20. The summed E-state index contributed by atoms with van der Waals surface area (Å²) >= 11 is 3.42. The minimum atomic E-state index is 0.649. The molecule has 0 bridgehead atoms. The van der Waals surface area contributed by atoms with Gasteiger partial charge in [0.25, 0.3) is 0 Å². The first-order valence-corrected chi connectivity index (χ1v) is 6.31. The molecule has 18 heavy (non-hydrogen) atoms. The predicted molar refractivity (Wildman–Crippen MR) is 76.2 cm³/mol. The Kier molecular flexibility index (Phi) is 2.56. The number of hydrogen-bond acceptors (Lipinski definition) is 3. The van der Waals surface area contributed by atoms with E-state index in [2.05, 4.69) is 30.9 Å². The lowest BCUT2D eigenvalue weighted by atomic mass is 10.2. The first kappa shape index (κ1) is 11.2. The summed E-state index contributed by atoms with van der Waals surface area (Å²) in [6.45, 7) is 2.01. The smallest absolute Gasteiger partial charge is 0.157 e. The summed E-state index contributed by atoms with van der Waals surface area (Å²) in [5.41, 5.74) is 10.2. The number of aromatic nitrogens is 3. The van der Waals surface area contributed by atoms with E-state index in [-0.39, 0.29) is 0 Å². The molecule has 0 saturated heterocycles. The Labute approximate surface area is 112 Å². The fourth-order valence-corrected chi connectivity index (χ4v) is 2.43. The van der Waals surface area contributed by atoms with Crippen LogP contribution in [0, 0.1) is 6.92 Å². The number of anilines is 1. The van der Waals surface area contributed by atoms with Crippen molar-refractivity contribution < 1.29 is 0 Å². The number of nitrogens with one attached hydrogen (secondary N) is 1. The summed E-state index contributed by atoms with van der Waals surface area (Å²) in [5, 5.41) is 0. The summed E-state index contributed by atoms with van der Waals surface area (Å²) in [4.78, 5) is 12.1. The van der Waals surface area contributed by atoms with Crippen LogP contribution in [0.15, 0.2) is 34.9 Å². The highest BCUT2D eigenvalue weighted by Gasteiger charge is 2.11. The van der Waals surface area contributed by atoms with E-state index in [9.17, 15) is 0 Å². The number of rotatable bonds is 1. The second kappa shape index (κ2) is 4.10. The van der Waals surface area contributed by atoms with E-state index in [1.807, 2.05) is 31.2 Å². The normalized spacial score (nSPS) is 11.0. The summed E-state index contributed by atoms with van der Waals surface area (Å²) in [6.07, 6.45) is 1.76. The van der Waals surface area contributed by atoms with E-state index in [1.165, 1.54) is 0 Å². The van der Waals surface area contributed by atoms with E-state index in [1.54, 1.807) is 6.20 Å². The highest BCUT2D eigenvalue weighted by molar-refractivity contribution is 9.10. The molecule has 4 nitrogen and oxygen atoms in total. The van der Waals surface area contributed by atoms with Crippen molar-refractivity contribution in [1.29, 1.82) is 0 Å². The van der Waals surface area contributed by atoms with Gasteiger partial charge in [0.1, 0.15) is 11.2 Å². The predicted octanol–water partition coefficient (Wildman–Crippen LogP) is 3.28. The number of nitrogens with two attached hydrogens (primary N) is 1. The van der Waals surface area contributed by atoms with E-state index < -0.39 is 0 Å². The Morgan fingerprint density at radius 3 is 2.94 bits per heavy atom. The molecule has 0 saturated carbocycles. The quantitative estimate of drug-likeness (QED) is 0.678. The monoisotopic (exact) mass is 302 g/mol. The molecule has 0 radical (unpaired) electrons. The van der Waals surface area contributed by atoms with Crippen molar-refractivity contribution >= 4 is 32.7 Å². The van der Waals surface area contributed by atoms with Gasteiger partial charge in [0.2, 0.25) is 0 Å². The molecule has 3 rings (SSSR count). The lowest BCUT2D eigenvalue weighted by Gasteiger charge is -1.98. The molecule has 2 heterocycles. The molecule has 3 N–H and O–H groups in total. The Bertz CT molecular complexity index is 733. The average molecular weight is 303 g/mol. The number of fused-ring (bicyclic) bond motifs is 1. The van der Waals surface area contributed by atoms with Gasteiger partial charge >= 0.3 is 0 Å². The molecule has 0 unspecified atom stereocenters. The van der Waals surface area contributed by atoms with Gasteiger partial charge < -0.3 is 10.7 Å². The first-order chi connectivity index (χ1) is 8.65. The van der Waals surface area contributed by atoms with Crippen LogP contribution in [0.3, 0.4) is 0 Å². The number of pyridine rings is 1. The van der Waals surface area contributed by atoms with Gasteiger partial charge in [0.05, 0.1) is 11.2 Å². The van der Waals surface area contributed by atoms with Gasteiger partial charge in [-0.2, -0.15) is 0 Å². The molecule has 0 aliphatic carbocycles. The van der Waals surface area contributed by atoms with Gasteiger partial charge in [-0.3, -0.25) is 4.98 Å². The largest absolute Gasteiger partial charge is 0.397 e. The van der Waals surface area contributed by atoms with Crippen LogP contribution in [-0.4, -0.2) is 15.0 Å². The van der Waals surface area contributed by atoms with Gasteiger partial charge in [0.15, 0.2) is 5.82 Å². The minimum Gasteiger partial charge on any atom is -0.397 e. The molecule has 90 valence electrons. The Hall–Kier alpha value is -1.88. The Balaban J connectivity index is 2.26. The Morgan fingerprint density at radius 2 is 2.17 bits per heavy atom. The van der Waals surface area contributed by atoms with Gasteiger partial charge in [-0.05, 0) is 30.7 Å². The lowest BCUT2D eigenvalue weighted by Crippen LogP contribution is -1.89. The van der Waals surface area contributed by atoms with Crippen LogP contribution in [0.4, 0.5) is 5.69 Å². The standard InChI is InChI=1S/C13H11BrN4/c1-7-3-2-4-16-11(7)13-17-10-6-8(14)5-9(15)12(10)18-13/h2-6H,15H2,1H3,(H,17,18). The maximum absolute atomic E-state index is 5.95. The van der Waals surface area contributed by atoms with Crippen LogP contribution in [-0.2, 0) is 0 Å². The third-order valence-electron chi connectivity index (χ3n) is 2.81. The SMILES string of the molecule is Cc1cccnc1-c1nc2c(N)cc(Br)cc2[nH]1. The van der Waals surface area contributed by atoms with Crippen LogP contribution in [0.5, 0.6) is 0 Å². The molecule has 0 aliphatic rings. The molecule has 0 aliphatic heterocycles. The maximum Gasteiger partial charge on any atom is 0.157 e. The van der Waals surface area contributed by atoms with Crippen molar-refractivity contribution in [2.24, 2.45) is 0 Å². The van der Waals surface area contributed by atoms with E-state index in [0.29, 0.717) is 5.69 Å². The number of imidazole rings is 1. The number of hydrogen-bond donors (Lipinski definition) is 2. The van der Waals surface area contributed by atoms with Crippen LogP contribution >= 0.6 is 15.9 Å². The Morgan fingerprint density at radius 1 is 1.33 bits per heavy atom. The second-order valence-corrected chi connectivity index (χ2v) is 5.06. The highest BCUT2D eigenvalue weighted by Crippen LogP contribution is 2.27. The van der Waals surface area contributed by atoms with Crippen molar-refractivity contribution in [2.45, 2.75) is 6.92 Å². The van der Waals surface area contributed by atoms with Gasteiger partial charge in [-0.1, -0.05) is 22.0 Å². The molecule has 3 aromatic rings. The molecule has 5 heteroatoms. The summed E-state index contributed by atoms with van der Waals surface area (Å²) in [6, 6.07) is 7.72. The van der Waals surface area contributed by atoms with Crippen LogP contribution in [0.25, 0.3) is 22.6 Å². The molecule has 2 aromatic heterocycles. The third-order valence-corrected chi connectivity index (χ3v) is 3.27. The average Bonchev–Trinajstić information content (AvgIpc) is 2.73. The number of aromatic amines is 1. The number of nitrogens with zero attached hydrogens (tertiary/aromatic N) is 2. The molecular weight excluding hydrogens is 292 g/mol. The number of benzene rings is 1. The molecular formula is C13H11BrN4. The minimum absolute atomic E-state index is 0.649. The highest BCUT2D eigenvalue weighted by atomic mass is 79.9. The molecule has 0 amide bonds. The summed E-state index contributed by atoms with van der Waals surface area (Å²) in [7, 11) is 0. The zero-order chi connectivity index (χ0) is 12.7. The number of aryl methyl sites for hydroxylation is 1. The van der Waals surface area contributed by atoms with Crippen molar-refractivity contribution in [3.63, 3.8) is 0 Å². The summed E-state index contributed by atoms with van der Waals surface area (Å²) in [5.74, 6) is 0.743. The second-order valence-electron chi connectivity index (χ2n) is 4.15. The van der Waals surface area contributed by atoms with Crippen LogP contribution in [0.2, 0.25) is 0 Å². The molecule has 1 aromatic carbocycles. The number of halogens is 1. The van der Waals surface area contributed by atoms with Crippen molar-refractivity contribution in [2.75, 3.05) is 5.73 Å². The maximum atomic E-state index is 5.95. The van der Waals surface area contributed by atoms with Crippen molar-refractivity contribution in [3.05, 3.63) is 40.5 Å². The first-order valence-electron chi connectivity index (χ1n) is 5.52. The topological polar surface area (TPSA) is 67.6 Å². The van der Waals surface area contributed by atoms with Gasteiger partial charge in [-0.15, -0.1) is 0 Å². The molecule has 0 fully saturated rings. The van der Waals surface area contributed by atoms with E-state index in [4.69, 9.17) is 5.73 Å². The van der Waals surface area contributed by atoms with Crippen molar-refractivity contribution in [3.8, 4) is 11.5 Å². The molecule has 0 atom stereocenters. The number of nitrogen functional groups attached to an aromatic ring is 1. The van der Waals surface area contributed by atoms with E-state index in [0.717, 1.165) is 32.6 Å². The van der Waals surface area contributed by atoms with E-state index >= 15 is 0 Å². The van der Waals surface area contributed by atoms with Crippen molar-refractivity contribution in [1.82, 2.24) is 15.0 Å². The van der Waals surface area contributed by atoms with Crippen LogP contribution < -0.4 is 5.73 Å². The fraction of sp³-hybridized carbons (Fsp3) is 0.0769.